The molecule has 1 heterocycles. The summed E-state index contributed by atoms with van der Waals surface area (Å²) in [5, 5.41) is 3.45. The molecule has 6 heteroatoms. The normalized spacial score (nSPS) is 12.6. The maximum absolute atomic E-state index is 12.2. The number of hydrogen-bond acceptors (Lipinski definition) is 3. The first-order chi connectivity index (χ1) is 9.81. The van der Waals surface area contributed by atoms with E-state index in [1.54, 1.807) is 25.2 Å². The molecule has 1 aromatic carbocycles. The number of fused-ring (bicyclic) bond motifs is 1. The van der Waals surface area contributed by atoms with Crippen LogP contribution < -0.4 is 10.9 Å². The first-order valence-corrected chi connectivity index (χ1v) is 7.26. The molecule has 0 aliphatic carbocycles. The Morgan fingerprint density at radius 2 is 2.00 bits per heavy atom. The Balaban J connectivity index is 2.44. The molecule has 0 fully saturated rings. The van der Waals surface area contributed by atoms with Crippen molar-refractivity contribution < 1.29 is 4.79 Å². The van der Waals surface area contributed by atoms with Crippen LogP contribution in [0.4, 0.5) is 0 Å². The summed E-state index contributed by atoms with van der Waals surface area (Å²) >= 11 is 5.09. The molecule has 0 aliphatic heterocycles. The standard InChI is InChI=1S/C15H19N3O2S/c1-8(2)9(3)16-13(19)10-5-6-11-12(7-10)17-15(21)18(4)14(11)20/h5-9H,1-4H3,(H,16,19)(H,17,21)/t9-/m1/s1. The molecule has 2 rings (SSSR count). The predicted molar refractivity (Wildman–Crippen MR) is 86.1 cm³/mol. The minimum absolute atomic E-state index is 0.0790. The van der Waals surface area contributed by atoms with Crippen molar-refractivity contribution in [1.82, 2.24) is 14.9 Å². The summed E-state index contributed by atoms with van der Waals surface area (Å²) in [7, 11) is 1.62. The third-order valence-electron chi connectivity index (χ3n) is 3.72. The van der Waals surface area contributed by atoms with E-state index in [0.29, 0.717) is 27.2 Å². The smallest absolute Gasteiger partial charge is 0.261 e. The Morgan fingerprint density at radius 1 is 1.33 bits per heavy atom. The summed E-state index contributed by atoms with van der Waals surface area (Å²) in [5.74, 6) is 0.200. The predicted octanol–water partition coefficient (Wildman–Crippen LogP) is 2.37. The number of hydrogen-bond donors (Lipinski definition) is 2. The molecule has 1 atom stereocenters. The van der Waals surface area contributed by atoms with Gasteiger partial charge >= 0.3 is 0 Å². The molecule has 0 unspecified atom stereocenters. The molecule has 0 saturated carbocycles. The SMILES string of the molecule is CC(C)[C@@H](C)NC(=O)c1ccc2c(=O)n(C)c(=S)[nH]c2c1. The number of aromatic nitrogens is 2. The number of nitrogens with zero attached hydrogens (tertiary/aromatic N) is 1. The topological polar surface area (TPSA) is 66.9 Å². The number of carbonyl (C=O) groups excluding carboxylic acids is 1. The van der Waals surface area contributed by atoms with Crippen molar-refractivity contribution in [2.45, 2.75) is 26.8 Å². The lowest BCUT2D eigenvalue weighted by Gasteiger charge is -2.17. The van der Waals surface area contributed by atoms with Gasteiger partial charge in [0.1, 0.15) is 0 Å². The van der Waals surface area contributed by atoms with Crippen molar-refractivity contribution in [3.63, 3.8) is 0 Å². The third kappa shape index (κ3) is 3.05. The fourth-order valence-electron chi connectivity index (χ4n) is 1.90. The van der Waals surface area contributed by atoms with Crippen LogP contribution in [0.3, 0.4) is 0 Å². The van der Waals surface area contributed by atoms with Crippen LogP contribution in [0.25, 0.3) is 10.9 Å². The zero-order valence-electron chi connectivity index (χ0n) is 12.6. The van der Waals surface area contributed by atoms with E-state index in [2.05, 4.69) is 10.3 Å². The van der Waals surface area contributed by atoms with Crippen molar-refractivity contribution in [1.29, 1.82) is 0 Å². The largest absolute Gasteiger partial charge is 0.349 e. The lowest BCUT2D eigenvalue weighted by Crippen LogP contribution is -2.36. The van der Waals surface area contributed by atoms with Gasteiger partial charge in [0.15, 0.2) is 4.77 Å². The molecule has 0 aliphatic rings. The van der Waals surface area contributed by atoms with E-state index in [4.69, 9.17) is 12.2 Å². The second-order valence-electron chi connectivity index (χ2n) is 5.56. The Labute approximate surface area is 128 Å². The number of nitrogens with one attached hydrogen (secondary N) is 2. The van der Waals surface area contributed by atoms with Crippen LogP contribution in [0, 0.1) is 10.7 Å². The molecule has 0 spiro atoms. The summed E-state index contributed by atoms with van der Waals surface area (Å²) in [4.78, 5) is 27.2. The Hall–Kier alpha value is -1.95. The first-order valence-electron chi connectivity index (χ1n) is 6.85. The Morgan fingerprint density at radius 3 is 2.62 bits per heavy atom. The van der Waals surface area contributed by atoms with Gasteiger partial charge in [0.2, 0.25) is 0 Å². The fraction of sp³-hybridized carbons (Fsp3) is 0.400. The van der Waals surface area contributed by atoms with Crippen LogP contribution in [-0.4, -0.2) is 21.5 Å². The number of benzene rings is 1. The molecule has 21 heavy (non-hydrogen) atoms. The zero-order chi connectivity index (χ0) is 15.7. The van der Waals surface area contributed by atoms with Crippen molar-refractivity contribution in [2.75, 3.05) is 0 Å². The molecule has 2 aromatic rings. The average molecular weight is 305 g/mol. The lowest BCUT2D eigenvalue weighted by atomic mass is 10.1. The van der Waals surface area contributed by atoms with Gasteiger partial charge in [-0.1, -0.05) is 13.8 Å². The van der Waals surface area contributed by atoms with Crippen molar-refractivity contribution in [3.05, 3.63) is 38.9 Å². The average Bonchev–Trinajstić information content (AvgIpc) is 2.44. The molecule has 0 bridgehead atoms. The number of aromatic amines is 1. The van der Waals surface area contributed by atoms with Crippen LogP contribution >= 0.6 is 12.2 Å². The fourth-order valence-corrected chi connectivity index (χ4v) is 2.10. The summed E-state index contributed by atoms with van der Waals surface area (Å²) in [5.41, 5.74) is 0.915. The maximum Gasteiger partial charge on any atom is 0.261 e. The summed E-state index contributed by atoms with van der Waals surface area (Å²) in [6, 6.07) is 5.05. The van der Waals surface area contributed by atoms with Gasteiger partial charge in [0, 0.05) is 18.7 Å². The number of carbonyl (C=O) groups is 1. The number of rotatable bonds is 3. The second-order valence-corrected chi connectivity index (χ2v) is 5.95. The van der Waals surface area contributed by atoms with Gasteiger partial charge in [-0.3, -0.25) is 14.2 Å². The van der Waals surface area contributed by atoms with Gasteiger partial charge in [0.25, 0.3) is 11.5 Å². The quantitative estimate of drug-likeness (QED) is 0.856. The van der Waals surface area contributed by atoms with Crippen molar-refractivity contribution >= 4 is 29.0 Å². The number of H-pyrrole nitrogens is 1. The first kappa shape index (κ1) is 15.4. The highest BCUT2D eigenvalue weighted by Gasteiger charge is 2.13. The lowest BCUT2D eigenvalue weighted by molar-refractivity contribution is 0.0930. The monoisotopic (exact) mass is 305 g/mol. The molecule has 5 nitrogen and oxygen atoms in total. The molecule has 112 valence electrons. The van der Waals surface area contributed by atoms with E-state index in [0.717, 1.165) is 0 Å². The van der Waals surface area contributed by atoms with Gasteiger partial charge in [-0.15, -0.1) is 0 Å². The van der Waals surface area contributed by atoms with Crippen LogP contribution in [0.1, 0.15) is 31.1 Å². The maximum atomic E-state index is 12.2. The van der Waals surface area contributed by atoms with Gasteiger partial charge in [-0.05, 0) is 43.3 Å². The minimum Gasteiger partial charge on any atom is -0.349 e. The molecule has 1 aromatic heterocycles. The Bertz CT molecular complexity index is 805. The second kappa shape index (κ2) is 5.81. The molecular weight excluding hydrogens is 286 g/mol. The van der Waals surface area contributed by atoms with Gasteiger partial charge < -0.3 is 10.3 Å². The van der Waals surface area contributed by atoms with Crippen LogP contribution in [0.15, 0.2) is 23.0 Å². The van der Waals surface area contributed by atoms with E-state index in [1.807, 2.05) is 20.8 Å². The van der Waals surface area contributed by atoms with Gasteiger partial charge in [-0.2, -0.15) is 0 Å². The van der Waals surface area contributed by atoms with Crippen LogP contribution in [0.2, 0.25) is 0 Å². The molecule has 1 amide bonds. The highest BCUT2D eigenvalue weighted by molar-refractivity contribution is 7.71. The highest BCUT2D eigenvalue weighted by atomic mass is 32.1. The van der Waals surface area contributed by atoms with Crippen molar-refractivity contribution in [2.24, 2.45) is 13.0 Å². The molecular formula is C15H19N3O2S. The Kier molecular flexibility index (Phi) is 4.27. The molecule has 0 saturated heterocycles. The molecule has 0 radical (unpaired) electrons. The van der Waals surface area contributed by atoms with E-state index >= 15 is 0 Å². The summed E-state index contributed by atoms with van der Waals surface area (Å²) < 4.78 is 1.71. The van der Waals surface area contributed by atoms with Crippen LogP contribution in [-0.2, 0) is 7.05 Å². The number of amides is 1. The van der Waals surface area contributed by atoms with Crippen LogP contribution in [0.5, 0.6) is 0 Å². The van der Waals surface area contributed by atoms with Gasteiger partial charge in [-0.25, -0.2) is 0 Å². The van der Waals surface area contributed by atoms with E-state index in [1.165, 1.54) is 4.57 Å². The van der Waals surface area contributed by atoms with E-state index in [-0.39, 0.29) is 17.5 Å². The summed E-state index contributed by atoms with van der Waals surface area (Å²) in [6.07, 6.45) is 0. The van der Waals surface area contributed by atoms with Crippen molar-refractivity contribution in [3.8, 4) is 0 Å². The van der Waals surface area contributed by atoms with E-state index < -0.39 is 0 Å². The molecule has 2 N–H and O–H groups in total. The zero-order valence-corrected chi connectivity index (χ0v) is 13.4. The third-order valence-corrected chi connectivity index (χ3v) is 4.10. The van der Waals surface area contributed by atoms with E-state index in [9.17, 15) is 9.59 Å². The highest BCUT2D eigenvalue weighted by Crippen LogP contribution is 2.11. The van der Waals surface area contributed by atoms with Gasteiger partial charge in [0.05, 0.1) is 10.9 Å². The summed E-state index contributed by atoms with van der Waals surface area (Å²) in [6.45, 7) is 6.06. The minimum atomic E-state index is -0.170.